The number of H-pyrrole nitrogens is 1. The second kappa shape index (κ2) is 7.44. The number of pyridine rings is 1. The van der Waals surface area contributed by atoms with Crippen LogP contribution in [0.1, 0.15) is 16.7 Å². The van der Waals surface area contributed by atoms with Gasteiger partial charge in [0.2, 0.25) is 0 Å². The molecule has 0 aliphatic rings. The average molecular weight is 392 g/mol. The Balaban J connectivity index is 1.81. The lowest BCUT2D eigenvalue weighted by Gasteiger charge is -2.28. The molecule has 2 heterocycles. The molecule has 0 bridgehead atoms. The molecular weight excluding hydrogens is 374 g/mol. The number of alkyl halides is 2. The van der Waals surface area contributed by atoms with E-state index in [1.165, 1.54) is 18.3 Å². The van der Waals surface area contributed by atoms with E-state index >= 15 is 0 Å². The molecule has 0 spiro atoms. The van der Waals surface area contributed by atoms with Crippen molar-refractivity contribution in [1.29, 1.82) is 5.41 Å². The van der Waals surface area contributed by atoms with E-state index in [2.05, 4.69) is 15.3 Å². The molecule has 7 heteroatoms. The monoisotopic (exact) mass is 392 g/mol. The highest BCUT2D eigenvalue weighted by Gasteiger charge is 2.43. The summed E-state index contributed by atoms with van der Waals surface area (Å²) < 4.78 is 28.4. The minimum absolute atomic E-state index is 0.00693. The van der Waals surface area contributed by atoms with Gasteiger partial charge in [0.1, 0.15) is 0 Å². The first-order valence-electron chi connectivity index (χ1n) is 8.93. The van der Waals surface area contributed by atoms with E-state index in [4.69, 9.17) is 5.41 Å². The van der Waals surface area contributed by atoms with Crippen LogP contribution in [0.4, 0.5) is 20.2 Å². The number of hydrogen-bond acceptors (Lipinski definition) is 4. The lowest BCUT2D eigenvalue weighted by Crippen LogP contribution is -2.35. The number of aromatic nitrogens is 2. The summed E-state index contributed by atoms with van der Waals surface area (Å²) in [6, 6.07) is 14.9. The van der Waals surface area contributed by atoms with Crippen LogP contribution >= 0.6 is 0 Å². The molecule has 2 aromatic carbocycles. The highest BCUT2D eigenvalue weighted by atomic mass is 19.3. The predicted octanol–water partition coefficient (Wildman–Crippen LogP) is 4.81. The zero-order chi connectivity index (χ0) is 20.4. The van der Waals surface area contributed by atoms with Gasteiger partial charge in [0.25, 0.3) is 6.43 Å². The van der Waals surface area contributed by atoms with Crippen molar-refractivity contribution in [2.75, 3.05) is 5.32 Å². The van der Waals surface area contributed by atoms with Crippen LogP contribution in [0.15, 0.2) is 73.2 Å². The van der Waals surface area contributed by atoms with Crippen molar-refractivity contribution in [1.82, 2.24) is 9.97 Å². The lowest BCUT2D eigenvalue weighted by molar-refractivity contribution is -0.0708. The number of fused-ring (bicyclic) bond motifs is 1. The first-order chi connectivity index (χ1) is 14.0. The number of hydrogen-bond donors (Lipinski definition) is 4. The van der Waals surface area contributed by atoms with Crippen LogP contribution in [0.2, 0.25) is 0 Å². The number of halogens is 2. The zero-order valence-corrected chi connectivity index (χ0v) is 15.2. The molecule has 0 fully saturated rings. The topological polar surface area (TPSA) is 84.8 Å². The maximum atomic E-state index is 14.2. The fourth-order valence-electron chi connectivity index (χ4n) is 3.41. The van der Waals surface area contributed by atoms with Crippen LogP contribution < -0.4 is 5.32 Å². The zero-order valence-electron chi connectivity index (χ0n) is 15.2. The standard InChI is InChI=1S/C22H18F2N4O/c23-21(24)22(29,18-13-27-20-6-2-1-5-17(18)20)15-7-8-19(14(10-15)11-25)28-16-4-3-9-26-12-16/h1-13,21,25,27-29H. The van der Waals surface area contributed by atoms with Crippen LogP contribution in [0.3, 0.4) is 0 Å². The molecule has 29 heavy (non-hydrogen) atoms. The molecule has 4 rings (SSSR count). The van der Waals surface area contributed by atoms with Crippen molar-refractivity contribution in [3.63, 3.8) is 0 Å². The first kappa shape index (κ1) is 18.8. The highest BCUT2D eigenvalue weighted by molar-refractivity contribution is 5.89. The molecule has 0 saturated heterocycles. The number of anilines is 2. The Kier molecular flexibility index (Phi) is 4.82. The molecule has 4 N–H and O–H groups in total. The molecule has 2 aromatic heterocycles. The van der Waals surface area contributed by atoms with Gasteiger partial charge >= 0.3 is 0 Å². The molecule has 0 saturated carbocycles. The summed E-state index contributed by atoms with van der Waals surface area (Å²) >= 11 is 0. The van der Waals surface area contributed by atoms with E-state index < -0.39 is 12.0 Å². The quantitative estimate of drug-likeness (QED) is 0.356. The van der Waals surface area contributed by atoms with E-state index in [9.17, 15) is 13.9 Å². The van der Waals surface area contributed by atoms with Gasteiger partial charge in [-0.3, -0.25) is 4.98 Å². The van der Waals surface area contributed by atoms with Crippen LogP contribution in [-0.2, 0) is 5.60 Å². The van der Waals surface area contributed by atoms with Gasteiger partial charge in [-0.05, 0) is 35.9 Å². The highest BCUT2D eigenvalue weighted by Crippen LogP contribution is 2.40. The number of rotatable bonds is 6. The van der Waals surface area contributed by atoms with Gasteiger partial charge < -0.3 is 20.8 Å². The van der Waals surface area contributed by atoms with E-state index in [0.29, 0.717) is 27.8 Å². The number of nitrogens with one attached hydrogen (secondary N) is 3. The SMILES string of the molecule is N=Cc1cc(C(O)(c2c[nH]c3ccccc23)C(F)F)ccc1Nc1cccnc1. The van der Waals surface area contributed by atoms with Crippen molar-refractivity contribution in [2.24, 2.45) is 0 Å². The Hall–Kier alpha value is -3.58. The third kappa shape index (κ3) is 3.25. The van der Waals surface area contributed by atoms with Gasteiger partial charge in [-0.25, -0.2) is 8.78 Å². The van der Waals surface area contributed by atoms with Crippen LogP contribution in [0.5, 0.6) is 0 Å². The number of para-hydroxylation sites is 1. The van der Waals surface area contributed by atoms with Crippen molar-refractivity contribution in [2.45, 2.75) is 12.0 Å². The third-order valence-corrected chi connectivity index (χ3v) is 4.90. The molecule has 5 nitrogen and oxygen atoms in total. The average Bonchev–Trinajstić information content (AvgIpc) is 3.18. The molecular formula is C22H18F2N4O. The molecule has 0 radical (unpaired) electrons. The Bertz CT molecular complexity index is 1160. The van der Waals surface area contributed by atoms with Gasteiger partial charge in [-0.15, -0.1) is 0 Å². The first-order valence-corrected chi connectivity index (χ1v) is 8.93. The minimum atomic E-state index is -3.07. The molecule has 0 amide bonds. The number of aliphatic hydroxyl groups is 1. The summed E-state index contributed by atoms with van der Waals surface area (Å²) in [6.45, 7) is 0. The van der Waals surface area contributed by atoms with Crippen LogP contribution in [0, 0.1) is 5.41 Å². The lowest BCUT2D eigenvalue weighted by atomic mass is 9.85. The van der Waals surface area contributed by atoms with Crippen molar-refractivity contribution >= 4 is 28.5 Å². The van der Waals surface area contributed by atoms with Crippen molar-refractivity contribution < 1.29 is 13.9 Å². The van der Waals surface area contributed by atoms with E-state index in [0.717, 1.165) is 6.21 Å². The van der Waals surface area contributed by atoms with Crippen molar-refractivity contribution in [3.8, 4) is 0 Å². The van der Waals surface area contributed by atoms with Crippen LogP contribution in [-0.4, -0.2) is 27.7 Å². The summed E-state index contributed by atoms with van der Waals surface area (Å²) in [5.74, 6) is 0. The summed E-state index contributed by atoms with van der Waals surface area (Å²) in [7, 11) is 0. The predicted molar refractivity (Wildman–Crippen MR) is 109 cm³/mol. The second-order valence-corrected chi connectivity index (χ2v) is 6.63. The molecule has 146 valence electrons. The van der Waals surface area contributed by atoms with Gasteiger partial charge in [-0.1, -0.05) is 24.3 Å². The van der Waals surface area contributed by atoms with Gasteiger partial charge in [0.15, 0.2) is 5.60 Å². The van der Waals surface area contributed by atoms with Gasteiger partial charge in [0.05, 0.1) is 11.9 Å². The third-order valence-electron chi connectivity index (χ3n) is 4.90. The van der Waals surface area contributed by atoms with E-state index in [-0.39, 0.29) is 11.1 Å². The summed E-state index contributed by atoms with van der Waals surface area (Å²) in [5, 5.41) is 22.5. The maximum absolute atomic E-state index is 14.2. The molecule has 1 atom stereocenters. The molecule has 0 aliphatic heterocycles. The van der Waals surface area contributed by atoms with E-state index in [1.54, 1.807) is 54.9 Å². The van der Waals surface area contributed by atoms with Crippen LogP contribution in [0.25, 0.3) is 10.9 Å². The fourth-order valence-corrected chi connectivity index (χ4v) is 3.41. The molecule has 1 unspecified atom stereocenters. The number of aromatic amines is 1. The minimum Gasteiger partial charge on any atom is -0.375 e. The Morgan fingerprint density at radius 1 is 1.14 bits per heavy atom. The maximum Gasteiger partial charge on any atom is 0.275 e. The molecule has 4 aromatic rings. The smallest absolute Gasteiger partial charge is 0.275 e. The second-order valence-electron chi connectivity index (χ2n) is 6.63. The van der Waals surface area contributed by atoms with Gasteiger partial charge in [0, 0.05) is 46.3 Å². The largest absolute Gasteiger partial charge is 0.375 e. The molecule has 0 aliphatic carbocycles. The summed E-state index contributed by atoms with van der Waals surface area (Å²) in [4.78, 5) is 6.95. The summed E-state index contributed by atoms with van der Waals surface area (Å²) in [6.07, 6.45) is 2.64. The van der Waals surface area contributed by atoms with Crippen molar-refractivity contribution in [3.05, 3.63) is 89.9 Å². The van der Waals surface area contributed by atoms with E-state index in [1.807, 2.05) is 0 Å². The van der Waals surface area contributed by atoms with Gasteiger partial charge in [-0.2, -0.15) is 0 Å². The number of nitrogens with zero attached hydrogens (tertiary/aromatic N) is 1. The normalized spacial score (nSPS) is 13.4. The Labute approximate surface area is 165 Å². The number of benzene rings is 2. The summed E-state index contributed by atoms with van der Waals surface area (Å²) in [5.41, 5.74) is -0.158. The Morgan fingerprint density at radius 3 is 2.69 bits per heavy atom. The fraction of sp³-hybridized carbons (Fsp3) is 0.0909. The Morgan fingerprint density at radius 2 is 1.97 bits per heavy atom.